The number of halogens is 1. The summed E-state index contributed by atoms with van der Waals surface area (Å²) in [6.07, 6.45) is 2.00. The zero-order chi connectivity index (χ0) is 22.3. The van der Waals surface area contributed by atoms with E-state index in [1.54, 1.807) is 24.3 Å². The predicted molar refractivity (Wildman–Crippen MR) is 126 cm³/mol. The number of para-hydroxylation sites is 1. The van der Waals surface area contributed by atoms with Gasteiger partial charge in [-0.2, -0.15) is 0 Å². The van der Waals surface area contributed by atoms with Crippen molar-refractivity contribution in [2.75, 3.05) is 17.6 Å². The molecular weight excluding hydrogens is 425 g/mol. The summed E-state index contributed by atoms with van der Waals surface area (Å²) in [7, 11) is 0. The molecule has 32 heavy (non-hydrogen) atoms. The van der Waals surface area contributed by atoms with Gasteiger partial charge in [-0.3, -0.25) is 9.59 Å². The molecule has 1 aromatic heterocycles. The Hall–Kier alpha value is -3.58. The van der Waals surface area contributed by atoms with Crippen LogP contribution < -0.4 is 10.6 Å². The van der Waals surface area contributed by atoms with Crippen LogP contribution in [0.4, 0.5) is 10.1 Å². The summed E-state index contributed by atoms with van der Waals surface area (Å²) < 4.78 is 15.4. The van der Waals surface area contributed by atoms with Gasteiger partial charge in [-0.05, 0) is 36.4 Å². The Labute approximate surface area is 189 Å². The number of anilines is 1. The number of hydrogen-bond acceptors (Lipinski definition) is 3. The lowest BCUT2D eigenvalue weighted by molar-refractivity contribution is -0.113. The SMILES string of the molecule is O=C(CSc1cn(CCNC(=O)c2ccccc2)c2ccccc12)Nc1cccc(F)c1. The van der Waals surface area contributed by atoms with E-state index in [4.69, 9.17) is 0 Å². The molecule has 0 spiro atoms. The average molecular weight is 448 g/mol. The van der Waals surface area contributed by atoms with Crippen LogP contribution in [0, 0.1) is 5.82 Å². The molecule has 5 nitrogen and oxygen atoms in total. The number of hydrogen-bond donors (Lipinski definition) is 2. The van der Waals surface area contributed by atoms with Crippen LogP contribution in [0.1, 0.15) is 10.4 Å². The van der Waals surface area contributed by atoms with Crippen molar-refractivity contribution in [3.63, 3.8) is 0 Å². The van der Waals surface area contributed by atoms with Crippen molar-refractivity contribution < 1.29 is 14.0 Å². The van der Waals surface area contributed by atoms with Crippen LogP contribution in [-0.4, -0.2) is 28.7 Å². The van der Waals surface area contributed by atoms with Gasteiger partial charge in [0.15, 0.2) is 0 Å². The highest BCUT2D eigenvalue weighted by Crippen LogP contribution is 2.30. The Kier molecular flexibility index (Phi) is 6.87. The highest BCUT2D eigenvalue weighted by molar-refractivity contribution is 8.00. The van der Waals surface area contributed by atoms with E-state index in [1.807, 2.05) is 48.7 Å². The lowest BCUT2D eigenvalue weighted by Gasteiger charge is -2.07. The number of carbonyl (C=O) groups excluding carboxylic acids is 2. The highest BCUT2D eigenvalue weighted by atomic mass is 32.2. The molecule has 0 aliphatic rings. The van der Waals surface area contributed by atoms with E-state index in [-0.39, 0.29) is 17.6 Å². The van der Waals surface area contributed by atoms with Gasteiger partial charge in [-0.1, -0.05) is 42.5 Å². The standard InChI is InChI=1S/C25H22FN3O2S/c26-19-9-6-10-20(15-19)28-24(30)17-32-23-16-29(22-12-5-4-11-21(22)23)14-13-27-25(31)18-7-2-1-3-8-18/h1-12,15-16H,13-14,17H2,(H,27,31)(H,28,30). The Morgan fingerprint density at radius 3 is 2.53 bits per heavy atom. The van der Waals surface area contributed by atoms with Crippen LogP contribution in [0.25, 0.3) is 10.9 Å². The van der Waals surface area contributed by atoms with E-state index in [1.165, 1.54) is 23.9 Å². The molecule has 4 aromatic rings. The summed E-state index contributed by atoms with van der Waals surface area (Å²) in [4.78, 5) is 25.5. The topological polar surface area (TPSA) is 63.1 Å². The Morgan fingerprint density at radius 2 is 1.72 bits per heavy atom. The molecule has 7 heteroatoms. The molecular formula is C25H22FN3O2S. The van der Waals surface area contributed by atoms with Gasteiger partial charge < -0.3 is 15.2 Å². The van der Waals surface area contributed by atoms with Gasteiger partial charge in [-0.25, -0.2) is 4.39 Å². The number of nitrogens with zero attached hydrogens (tertiary/aromatic N) is 1. The van der Waals surface area contributed by atoms with Gasteiger partial charge in [0.2, 0.25) is 5.91 Å². The summed E-state index contributed by atoms with van der Waals surface area (Å²) in [5.74, 6) is -0.494. The second kappa shape index (κ2) is 10.2. The predicted octanol–water partition coefficient (Wildman–Crippen LogP) is 4.94. The minimum Gasteiger partial charge on any atom is -0.350 e. The first-order valence-electron chi connectivity index (χ1n) is 10.2. The second-order valence-corrected chi connectivity index (χ2v) is 8.19. The molecule has 2 N–H and O–H groups in total. The zero-order valence-corrected chi connectivity index (χ0v) is 18.1. The molecule has 162 valence electrons. The van der Waals surface area contributed by atoms with Crippen molar-refractivity contribution in [3.05, 3.63) is 96.4 Å². The number of nitrogens with one attached hydrogen (secondary N) is 2. The fraction of sp³-hybridized carbons (Fsp3) is 0.120. The number of carbonyl (C=O) groups is 2. The van der Waals surface area contributed by atoms with Crippen LogP contribution in [0.2, 0.25) is 0 Å². The Morgan fingerprint density at radius 1 is 0.938 bits per heavy atom. The molecule has 0 radical (unpaired) electrons. The van der Waals surface area contributed by atoms with Crippen molar-refractivity contribution in [3.8, 4) is 0 Å². The van der Waals surface area contributed by atoms with Crippen LogP contribution in [0.15, 0.2) is 90.0 Å². The van der Waals surface area contributed by atoms with Gasteiger partial charge in [0, 0.05) is 46.3 Å². The highest BCUT2D eigenvalue weighted by Gasteiger charge is 2.12. The van der Waals surface area contributed by atoms with Gasteiger partial charge in [0.1, 0.15) is 5.82 Å². The van der Waals surface area contributed by atoms with Crippen LogP contribution >= 0.6 is 11.8 Å². The fourth-order valence-corrected chi connectivity index (χ4v) is 4.29. The minimum atomic E-state index is -0.391. The molecule has 4 rings (SSSR count). The van der Waals surface area contributed by atoms with Crippen molar-refractivity contribution in [1.82, 2.24) is 9.88 Å². The fourth-order valence-electron chi connectivity index (χ4n) is 3.40. The van der Waals surface area contributed by atoms with E-state index in [0.717, 1.165) is 15.8 Å². The molecule has 0 aliphatic carbocycles. The van der Waals surface area contributed by atoms with Crippen LogP contribution in [0.5, 0.6) is 0 Å². The molecule has 0 saturated heterocycles. The van der Waals surface area contributed by atoms with Crippen molar-refractivity contribution in [2.24, 2.45) is 0 Å². The maximum absolute atomic E-state index is 13.3. The van der Waals surface area contributed by atoms with Gasteiger partial charge in [0.05, 0.1) is 5.75 Å². The first-order valence-corrected chi connectivity index (χ1v) is 11.2. The lowest BCUT2D eigenvalue weighted by Crippen LogP contribution is -2.26. The summed E-state index contributed by atoms with van der Waals surface area (Å²) >= 11 is 1.42. The van der Waals surface area contributed by atoms with E-state index in [2.05, 4.69) is 15.2 Å². The van der Waals surface area contributed by atoms with E-state index in [9.17, 15) is 14.0 Å². The molecule has 0 bridgehead atoms. The smallest absolute Gasteiger partial charge is 0.251 e. The number of aromatic nitrogens is 1. The molecule has 0 saturated carbocycles. The molecule has 3 aromatic carbocycles. The number of fused-ring (bicyclic) bond motifs is 1. The molecule has 0 fully saturated rings. The number of amides is 2. The van der Waals surface area contributed by atoms with E-state index in [0.29, 0.717) is 24.3 Å². The number of benzene rings is 3. The van der Waals surface area contributed by atoms with Crippen LogP contribution in [0.3, 0.4) is 0 Å². The monoisotopic (exact) mass is 447 g/mol. The van der Waals surface area contributed by atoms with Crippen molar-refractivity contribution in [1.29, 1.82) is 0 Å². The Bertz CT molecular complexity index is 1240. The van der Waals surface area contributed by atoms with E-state index < -0.39 is 5.82 Å². The first kappa shape index (κ1) is 21.6. The number of rotatable bonds is 8. The summed E-state index contributed by atoms with van der Waals surface area (Å²) in [5.41, 5.74) is 2.10. The third-order valence-corrected chi connectivity index (χ3v) is 5.94. The molecule has 0 atom stereocenters. The summed E-state index contributed by atoms with van der Waals surface area (Å²) in [6, 6.07) is 22.9. The quantitative estimate of drug-likeness (QED) is 0.376. The second-order valence-electron chi connectivity index (χ2n) is 7.17. The largest absolute Gasteiger partial charge is 0.350 e. The third kappa shape index (κ3) is 5.36. The van der Waals surface area contributed by atoms with Crippen molar-refractivity contribution >= 4 is 40.2 Å². The summed E-state index contributed by atoms with van der Waals surface area (Å²) in [6.45, 7) is 1.09. The molecule has 1 heterocycles. The van der Waals surface area contributed by atoms with Gasteiger partial charge >= 0.3 is 0 Å². The summed E-state index contributed by atoms with van der Waals surface area (Å²) in [5, 5.41) is 6.70. The molecule has 0 unspecified atom stereocenters. The van der Waals surface area contributed by atoms with Crippen LogP contribution in [-0.2, 0) is 11.3 Å². The maximum Gasteiger partial charge on any atom is 0.251 e. The zero-order valence-electron chi connectivity index (χ0n) is 17.3. The third-order valence-electron chi connectivity index (χ3n) is 4.89. The normalized spacial score (nSPS) is 10.8. The van der Waals surface area contributed by atoms with Gasteiger partial charge in [0.25, 0.3) is 5.91 Å². The average Bonchev–Trinajstić information content (AvgIpc) is 3.16. The lowest BCUT2D eigenvalue weighted by atomic mass is 10.2. The van der Waals surface area contributed by atoms with Crippen molar-refractivity contribution in [2.45, 2.75) is 11.4 Å². The van der Waals surface area contributed by atoms with E-state index >= 15 is 0 Å². The maximum atomic E-state index is 13.3. The number of thioether (sulfide) groups is 1. The minimum absolute atomic E-state index is 0.106. The molecule has 2 amide bonds. The van der Waals surface area contributed by atoms with Gasteiger partial charge in [-0.15, -0.1) is 11.8 Å². The molecule has 0 aliphatic heterocycles. The Balaban J connectivity index is 1.38. The first-order chi connectivity index (χ1) is 15.6.